The number of hydrogen-bond donors (Lipinski definition) is 1. The van der Waals surface area contributed by atoms with Crippen molar-refractivity contribution in [3.05, 3.63) is 58.4 Å². The van der Waals surface area contributed by atoms with Crippen LogP contribution in [-0.4, -0.2) is 56.1 Å². The fourth-order valence-electron chi connectivity index (χ4n) is 4.30. The minimum absolute atomic E-state index is 0.0202. The average molecular weight is 486 g/mol. The largest absolute Gasteiger partial charge is 0.507 e. The molecule has 1 unspecified atom stereocenters. The van der Waals surface area contributed by atoms with Crippen molar-refractivity contribution < 1.29 is 38.4 Å². The molecule has 1 amide bonds. The Kier molecular flexibility index (Phi) is 8.57. The second-order valence-corrected chi connectivity index (χ2v) is 7.83. The fourth-order valence-corrected chi connectivity index (χ4v) is 4.30. The lowest BCUT2D eigenvalue weighted by molar-refractivity contribution is -0.139. The van der Waals surface area contributed by atoms with Crippen molar-refractivity contribution in [1.82, 2.24) is 0 Å². The molecule has 0 spiro atoms. The number of aliphatic hydroxyl groups is 1. The standard InChI is InChI=1S/C26H31NO8/c1-5-33-24(29)18-13-12-17(32-4)14-16(18)15-21-22(25(30)34-6-2)23(28)19-10-8-9-11-20(19)27(21)26(31)35-7-3/h8-11,14,21,28H,5-7,12-13,15H2,1-4H3. The highest BCUT2D eigenvalue weighted by atomic mass is 16.6. The second kappa shape index (κ2) is 11.6. The van der Waals surface area contributed by atoms with Crippen LogP contribution in [0.2, 0.25) is 0 Å². The van der Waals surface area contributed by atoms with Gasteiger partial charge in [0.1, 0.15) is 11.3 Å². The zero-order chi connectivity index (χ0) is 25.5. The molecule has 0 saturated carbocycles. The summed E-state index contributed by atoms with van der Waals surface area (Å²) in [6.07, 6.45) is 1.94. The fraction of sp³-hybridized carbons (Fsp3) is 0.423. The molecule has 1 aliphatic carbocycles. The summed E-state index contributed by atoms with van der Waals surface area (Å²) in [5.74, 6) is -0.866. The lowest BCUT2D eigenvalue weighted by Gasteiger charge is -2.37. The van der Waals surface area contributed by atoms with Crippen molar-refractivity contribution in [3.8, 4) is 0 Å². The number of fused-ring (bicyclic) bond motifs is 1. The first kappa shape index (κ1) is 25.9. The Labute approximate surface area is 204 Å². The van der Waals surface area contributed by atoms with Gasteiger partial charge >= 0.3 is 18.0 Å². The molecule has 0 fully saturated rings. The summed E-state index contributed by atoms with van der Waals surface area (Å²) >= 11 is 0. The minimum atomic E-state index is -1.00. The maximum absolute atomic E-state index is 13.2. The van der Waals surface area contributed by atoms with Crippen LogP contribution in [0.5, 0.6) is 0 Å². The van der Waals surface area contributed by atoms with Crippen LogP contribution in [-0.2, 0) is 28.5 Å². The number of benzene rings is 1. The molecule has 3 rings (SSSR count). The number of ether oxygens (including phenoxy) is 4. The first-order chi connectivity index (χ1) is 16.9. The normalized spacial score (nSPS) is 17.4. The molecule has 0 radical (unpaired) electrons. The van der Waals surface area contributed by atoms with Gasteiger partial charge in [0.2, 0.25) is 0 Å². The Morgan fingerprint density at radius 2 is 1.63 bits per heavy atom. The number of para-hydroxylation sites is 1. The van der Waals surface area contributed by atoms with Gasteiger partial charge in [-0.25, -0.2) is 14.4 Å². The first-order valence-corrected chi connectivity index (χ1v) is 11.7. The second-order valence-electron chi connectivity index (χ2n) is 7.83. The van der Waals surface area contributed by atoms with Crippen LogP contribution >= 0.6 is 0 Å². The zero-order valence-electron chi connectivity index (χ0n) is 20.5. The van der Waals surface area contributed by atoms with Crippen LogP contribution in [0.1, 0.15) is 45.6 Å². The third-order valence-electron chi connectivity index (χ3n) is 5.82. The van der Waals surface area contributed by atoms with E-state index in [0.29, 0.717) is 41.0 Å². The van der Waals surface area contributed by atoms with Gasteiger partial charge in [-0.05, 0) is 57.4 Å². The maximum atomic E-state index is 13.2. The predicted molar refractivity (Wildman–Crippen MR) is 129 cm³/mol. The van der Waals surface area contributed by atoms with E-state index in [4.69, 9.17) is 18.9 Å². The van der Waals surface area contributed by atoms with Crippen LogP contribution in [0.25, 0.3) is 5.76 Å². The van der Waals surface area contributed by atoms with Gasteiger partial charge in [-0.15, -0.1) is 0 Å². The lowest BCUT2D eigenvalue weighted by atomic mass is 9.85. The molecule has 1 aliphatic heterocycles. The van der Waals surface area contributed by atoms with E-state index >= 15 is 0 Å². The van der Waals surface area contributed by atoms with Crippen LogP contribution in [0, 0.1) is 0 Å². The Hall–Kier alpha value is -3.75. The van der Waals surface area contributed by atoms with Gasteiger partial charge in [-0.3, -0.25) is 4.90 Å². The number of rotatable bonds is 8. The summed E-state index contributed by atoms with van der Waals surface area (Å²) in [4.78, 5) is 40.3. The van der Waals surface area contributed by atoms with Crippen LogP contribution in [0.3, 0.4) is 0 Å². The highest BCUT2D eigenvalue weighted by Gasteiger charge is 2.42. The molecule has 9 heteroatoms. The van der Waals surface area contributed by atoms with E-state index in [2.05, 4.69) is 0 Å². The quantitative estimate of drug-likeness (QED) is 0.425. The number of nitrogens with zero attached hydrogens (tertiary/aromatic N) is 1. The topological polar surface area (TPSA) is 112 Å². The summed E-state index contributed by atoms with van der Waals surface area (Å²) in [6.45, 7) is 5.45. The highest BCUT2D eigenvalue weighted by molar-refractivity contribution is 6.06. The SMILES string of the molecule is CCOC(=O)C1=C(CC2C(C(=O)OCC)=C(O)c3ccccc3N2C(=O)OCC)C=C(OC)CC1. The Morgan fingerprint density at radius 1 is 0.971 bits per heavy atom. The van der Waals surface area contributed by atoms with Gasteiger partial charge in [0.25, 0.3) is 0 Å². The molecule has 9 nitrogen and oxygen atoms in total. The van der Waals surface area contributed by atoms with Gasteiger partial charge in [0, 0.05) is 17.6 Å². The van der Waals surface area contributed by atoms with E-state index in [1.54, 1.807) is 51.1 Å². The maximum Gasteiger partial charge on any atom is 0.414 e. The lowest BCUT2D eigenvalue weighted by Crippen LogP contribution is -2.47. The number of anilines is 1. The third-order valence-corrected chi connectivity index (χ3v) is 5.82. The van der Waals surface area contributed by atoms with Crippen molar-refractivity contribution in [2.24, 2.45) is 0 Å². The van der Waals surface area contributed by atoms with Crippen molar-refractivity contribution in [2.75, 3.05) is 31.8 Å². The van der Waals surface area contributed by atoms with Crippen molar-refractivity contribution in [3.63, 3.8) is 0 Å². The Morgan fingerprint density at radius 3 is 2.29 bits per heavy atom. The number of carbonyl (C=O) groups excluding carboxylic acids is 3. The first-order valence-electron chi connectivity index (χ1n) is 11.7. The van der Waals surface area contributed by atoms with E-state index in [9.17, 15) is 19.5 Å². The van der Waals surface area contributed by atoms with Crippen molar-refractivity contribution in [1.29, 1.82) is 0 Å². The van der Waals surface area contributed by atoms with Crippen molar-refractivity contribution in [2.45, 2.75) is 46.1 Å². The molecule has 0 bridgehead atoms. The molecule has 0 aromatic heterocycles. The average Bonchev–Trinajstić information content (AvgIpc) is 2.84. The number of aliphatic hydroxyl groups excluding tert-OH is 1. The van der Waals surface area contributed by atoms with Crippen molar-refractivity contribution >= 4 is 29.5 Å². The molecular formula is C26H31NO8. The van der Waals surface area contributed by atoms with Crippen LogP contribution < -0.4 is 4.90 Å². The third kappa shape index (κ3) is 5.34. The summed E-state index contributed by atoms with van der Waals surface area (Å²) in [6, 6.07) is 5.68. The summed E-state index contributed by atoms with van der Waals surface area (Å²) < 4.78 is 21.2. The molecule has 1 aromatic carbocycles. The van der Waals surface area contributed by atoms with Gasteiger partial charge in [0.05, 0.1) is 44.4 Å². The predicted octanol–water partition coefficient (Wildman–Crippen LogP) is 4.44. The number of hydrogen-bond acceptors (Lipinski definition) is 8. The van der Waals surface area contributed by atoms with Gasteiger partial charge in [0.15, 0.2) is 0 Å². The van der Waals surface area contributed by atoms with Gasteiger partial charge in [-0.2, -0.15) is 0 Å². The minimum Gasteiger partial charge on any atom is -0.507 e. The van der Waals surface area contributed by atoms with E-state index in [0.717, 1.165) is 0 Å². The number of carbonyl (C=O) groups is 3. The van der Waals surface area contributed by atoms with Crippen LogP contribution in [0.4, 0.5) is 10.5 Å². The van der Waals surface area contributed by atoms with Crippen LogP contribution in [0.15, 0.2) is 52.8 Å². The number of esters is 2. The highest BCUT2D eigenvalue weighted by Crippen LogP contribution is 2.41. The Bertz CT molecular complexity index is 1080. The molecule has 35 heavy (non-hydrogen) atoms. The Balaban J connectivity index is 2.21. The summed E-state index contributed by atoms with van der Waals surface area (Å²) in [7, 11) is 1.54. The number of allylic oxidation sites excluding steroid dienone is 2. The molecule has 2 aliphatic rings. The smallest absolute Gasteiger partial charge is 0.414 e. The van der Waals surface area contributed by atoms with Gasteiger partial charge < -0.3 is 24.1 Å². The van der Waals surface area contributed by atoms with E-state index in [1.807, 2.05) is 0 Å². The van der Waals surface area contributed by atoms with E-state index in [1.165, 1.54) is 12.0 Å². The molecule has 1 N–H and O–H groups in total. The molecule has 1 aromatic rings. The summed E-state index contributed by atoms with van der Waals surface area (Å²) in [5, 5.41) is 11.2. The van der Waals surface area contributed by atoms with E-state index in [-0.39, 0.29) is 37.6 Å². The molecule has 1 heterocycles. The van der Waals surface area contributed by atoms with E-state index < -0.39 is 24.1 Å². The molecule has 188 valence electrons. The van der Waals surface area contributed by atoms with Gasteiger partial charge in [-0.1, -0.05) is 12.1 Å². The number of amides is 1. The zero-order valence-corrected chi connectivity index (χ0v) is 20.5. The molecule has 1 atom stereocenters. The molecule has 0 saturated heterocycles. The number of methoxy groups -OCH3 is 1. The monoisotopic (exact) mass is 485 g/mol. The summed E-state index contributed by atoms with van der Waals surface area (Å²) in [5.41, 5.74) is 1.56. The molecular weight excluding hydrogens is 454 g/mol.